The minimum atomic E-state index is -3.22. The second-order valence-corrected chi connectivity index (χ2v) is 5.57. The van der Waals surface area contributed by atoms with Crippen LogP contribution in [-0.2, 0) is 9.84 Å². The van der Waals surface area contributed by atoms with Gasteiger partial charge in [-0.2, -0.15) is 5.26 Å². The van der Waals surface area contributed by atoms with E-state index in [1.165, 1.54) is 12.3 Å². The third-order valence-corrected chi connectivity index (χ3v) is 3.91. The quantitative estimate of drug-likeness (QED) is 0.837. The molecule has 0 aromatic carbocycles. The second-order valence-electron chi connectivity index (χ2n) is 3.29. The van der Waals surface area contributed by atoms with Crippen LogP contribution in [0.2, 0.25) is 0 Å². The van der Waals surface area contributed by atoms with Gasteiger partial charge < -0.3 is 5.73 Å². The number of hydrogen-bond acceptors (Lipinski definition) is 5. The van der Waals surface area contributed by atoms with Crippen molar-refractivity contribution in [3.8, 4) is 6.07 Å². The Kier molecular flexibility index (Phi) is 3.99. The van der Waals surface area contributed by atoms with Crippen molar-refractivity contribution in [3.05, 3.63) is 24.0 Å². The van der Waals surface area contributed by atoms with Crippen molar-refractivity contribution in [1.82, 2.24) is 4.98 Å². The lowest BCUT2D eigenvalue weighted by Gasteiger charge is -2.07. The molecule has 0 aliphatic carbocycles. The zero-order chi connectivity index (χ0) is 12.2. The van der Waals surface area contributed by atoms with E-state index in [4.69, 9.17) is 11.0 Å². The van der Waals surface area contributed by atoms with Gasteiger partial charge in [0.25, 0.3) is 0 Å². The Morgan fingerprint density at radius 1 is 1.56 bits per heavy atom. The molecule has 0 fully saturated rings. The SMILES string of the molecule is CCS(=O)(=O)c1ccc([C@@H](N)CC#N)nc1. The van der Waals surface area contributed by atoms with Gasteiger partial charge in [-0.3, -0.25) is 4.98 Å². The molecule has 2 N–H and O–H groups in total. The molecule has 5 nitrogen and oxygen atoms in total. The molecule has 0 spiro atoms. The van der Waals surface area contributed by atoms with Gasteiger partial charge >= 0.3 is 0 Å². The van der Waals surface area contributed by atoms with Crippen LogP contribution < -0.4 is 5.73 Å². The van der Waals surface area contributed by atoms with Crippen LogP contribution >= 0.6 is 0 Å². The fourth-order valence-electron chi connectivity index (χ4n) is 1.16. The van der Waals surface area contributed by atoms with E-state index < -0.39 is 15.9 Å². The summed E-state index contributed by atoms with van der Waals surface area (Å²) in [4.78, 5) is 4.14. The molecule has 0 saturated heterocycles. The van der Waals surface area contributed by atoms with Gasteiger partial charge in [-0.15, -0.1) is 0 Å². The minimum Gasteiger partial charge on any atom is -0.322 e. The predicted molar refractivity (Wildman–Crippen MR) is 59.1 cm³/mol. The average molecular weight is 239 g/mol. The van der Waals surface area contributed by atoms with Gasteiger partial charge in [0, 0.05) is 6.20 Å². The Hall–Kier alpha value is -1.45. The number of nitrogens with two attached hydrogens (primary N) is 1. The molecule has 0 saturated carbocycles. The Labute approximate surface area is 94.8 Å². The average Bonchev–Trinajstić information content (AvgIpc) is 2.29. The van der Waals surface area contributed by atoms with E-state index in [9.17, 15) is 8.42 Å². The monoisotopic (exact) mass is 239 g/mol. The van der Waals surface area contributed by atoms with Crippen LogP contribution in [0.3, 0.4) is 0 Å². The number of rotatable bonds is 4. The van der Waals surface area contributed by atoms with E-state index in [1.54, 1.807) is 13.0 Å². The molecule has 0 bridgehead atoms. The Balaban J connectivity index is 2.97. The van der Waals surface area contributed by atoms with Gasteiger partial charge in [0.2, 0.25) is 0 Å². The third-order valence-electron chi connectivity index (χ3n) is 2.19. The molecule has 1 aromatic heterocycles. The van der Waals surface area contributed by atoms with E-state index in [0.29, 0.717) is 5.69 Å². The van der Waals surface area contributed by atoms with Crippen LogP contribution in [-0.4, -0.2) is 19.2 Å². The van der Waals surface area contributed by atoms with Crippen molar-refractivity contribution in [2.45, 2.75) is 24.3 Å². The first kappa shape index (κ1) is 12.6. The van der Waals surface area contributed by atoms with Crippen molar-refractivity contribution in [2.75, 3.05) is 5.75 Å². The number of hydrogen-bond donors (Lipinski definition) is 1. The van der Waals surface area contributed by atoms with E-state index >= 15 is 0 Å². The summed E-state index contributed by atoms with van der Waals surface area (Å²) in [7, 11) is -3.22. The summed E-state index contributed by atoms with van der Waals surface area (Å²) < 4.78 is 23.0. The Morgan fingerprint density at radius 3 is 2.69 bits per heavy atom. The van der Waals surface area contributed by atoms with Crippen molar-refractivity contribution in [1.29, 1.82) is 5.26 Å². The molecular formula is C10H13N3O2S. The molecule has 86 valence electrons. The smallest absolute Gasteiger partial charge is 0.179 e. The Morgan fingerprint density at radius 2 is 2.25 bits per heavy atom. The molecule has 1 heterocycles. The summed E-state index contributed by atoms with van der Waals surface area (Å²) in [5.41, 5.74) is 6.19. The lowest BCUT2D eigenvalue weighted by Crippen LogP contribution is -2.12. The van der Waals surface area contributed by atoms with Crippen LogP contribution in [0.15, 0.2) is 23.2 Å². The lowest BCUT2D eigenvalue weighted by atomic mass is 10.1. The van der Waals surface area contributed by atoms with Crippen LogP contribution in [0, 0.1) is 11.3 Å². The minimum absolute atomic E-state index is 0.0400. The van der Waals surface area contributed by atoms with Crippen molar-refractivity contribution in [2.24, 2.45) is 5.73 Å². The maximum Gasteiger partial charge on any atom is 0.179 e. The molecule has 1 atom stereocenters. The molecule has 0 aliphatic rings. The molecule has 0 amide bonds. The first-order valence-electron chi connectivity index (χ1n) is 4.82. The van der Waals surface area contributed by atoms with Gasteiger partial charge in [0.1, 0.15) is 0 Å². The third kappa shape index (κ3) is 2.78. The second kappa shape index (κ2) is 5.05. The predicted octanol–water partition coefficient (Wildman–Crippen LogP) is 0.789. The maximum absolute atomic E-state index is 11.5. The van der Waals surface area contributed by atoms with E-state index in [0.717, 1.165) is 0 Å². The topological polar surface area (TPSA) is 96.8 Å². The highest BCUT2D eigenvalue weighted by molar-refractivity contribution is 7.91. The fourth-order valence-corrected chi connectivity index (χ4v) is 1.99. The zero-order valence-electron chi connectivity index (χ0n) is 8.92. The molecule has 0 radical (unpaired) electrons. The summed E-state index contributed by atoms with van der Waals surface area (Å²) in [5.74, 6) is 0.0400. The highest BCUT2D eigenvalue weighted by atomic mass is 32.2. The molecular weight excluding hydrogens is 226 g/mol. The largest absolute Gasteiger partial charge is 0.322 e. The normalized spacial score (nSPS) is 13.1. The molecule has 6 heteroatoms. The lowest BCUT2D eigenvalue weighted by molar-refractivity contribution is 0.596. The highest BCUT2D eigenvalue weighted by Gasteiger charge is 2.13. The van der Waals surface area contributed by atoms with Crippen LogP contribution in [0.1, 0.15) is 25.1 Å². The number of pyridine rings is 1. The van der Waals surface area contributed by atoms with Crippen molar-refractivity contribution >= 4 is 9.84 Å². The Bertz CT molecular complexity index is 488. The first-order chi connectivity index (χ1) is 7.51. The van der Waals surface area contributed by atoms with Crippen molar-refractivity contribution in [3.63, 3.8) is 0 Å². The standard InChI is InChI=1S/C10H13N3O2S/c1-2-16(14,15)8-3-4-10(13-7-8)9(12)5-6-11/h3-4,7,9H,2,5,12H2,1H3/t9-/m0/s1. The van der Waals surface area contributed by atoms with E-state index in [-0.39, 0.29) is 17.1 Å². The number of aromatic nitrogens is 1. The van der Waals surface area contributed by atoms with Gasteiger partial charge in [0.15, 0.2) is 9.84 Å². The van der Waals surface area contributed by atoms with Gasteiger partial charge in [0.05, 0.1) is 34.9 Å². The zero-order valence-corrected chi connectivity index (χ0v) is 9.74. The van der Waals surface area contributed by atoms with Crippen LogP contribution in [0.25, 0.3) is 0 Å². The fraction of sp³-hybridized carbons (Fsp3) is 0.400. The summed E-state index contributed by atoms with van der Waals surface area (Å²) in [6.45, 7) is 1.57. The summed E-state index contributed by atoms with van der Waals surface area (Å²) in [6.07, 6.45) is 1.44. The first-order valence-corrected chi connectivity index (χ1v) is 6.47. The maximum atomic E-state index is 11.5. The molecule has 0 aliphatic heterocycles. The van der Waals surface area contributed by atoms with Gasteiger partial charge in [-0.1, -0.05) is 6.92 Å². The van der Waals surface area contributed by atoms with E-state index in [1.807, 2.05) is 6.07 Å². The van der Waals surface area contributed by atoms with Crippen LogP contribution in [0.4, 0.5) is 0 Å². The summed E-state index contributed by atoms with van der Waals surface area (Å²) in [5, 5.41) is 8.47. The molecule has 1 aromatic rings. The molecule has 16 heavy (non-hydrogen) atoms. The van der Waals surface area contributed by atoms with Crippen molar-refractivity contribution < 1.29 is 8.42 Å². The summed E-state index contributed by atoms with van der Waals surface area (Å²) in [6, 6.07) is 4.49. The number of nitriles is 1. The highest BCUT2D eigenvalue weighted by Crippen LogP contribution is 2.14. The van der Waals surface area contributed by atoms with Gasteiger partial charge in [-0.25, -0.2) is 8.42 Å². The molecule has 0 unspecified atom stereocenters. The van der Waals surface area contributed by atoms with Crippen LogP contribution in [0.5, 0.6) is 0 Å². The van der Waals surface area contributed by atoms with E-state index in [2.05, 4.69) is 4.98 Å². The molecule has 1 rings (SSSR count). The number of nitrogens with zero attached hydrogens (tertiary/aromatic N) is 2. The van der Waals surface area contributed by atoms with Gasteiger partial charge in [-0.05, 0) is 12.1 Å². The number of sulfone groups is 1. The summed E-state index contributed by atoms with van der Waals surface area (Å²) >= 11 is 0.